The fraction of sp³-hybridized carbons (Fsp3) is 0.286. The third-order valence-corrected chi connectivity index (χ3v) is 6.25. The van der Waals surface area contributed by atoms with Gasteiger partial charge in [-0.2, -0.15) is 0 Å². The number of para-hydroxylation sites is 1. The number of hydrogen-bond donors (Lipinski definition) is 0. The van der Waals surface area contributed by atoms with E-state index in [2.05, 4.69) is 29.3 Å². The minimum atomic E-state index is -0.240. The number of aromatic nitrogens is 2. The molecule has 0 bridgehead atoms. The quantitative estimate of drug-likeness (QED) is 0.571. The number of carbonyl (C=O) groups is 1. The molecule has 0 N–H and O–H groups in total. The summed E-state index contributed by atoms with van der Waals surface area (Å²) in [7, 11) is 0. The van der Waals surface area contributed by atoms with Crippen molar-refractivity contribution in [3.8, 4) is 0 Å². The van der Waals surface area contributed by atoms with Crippen molar-refractivity contribution in [1.29, 1.82) is 0 Å². The Balaban J connectivity index is 1.39. The van der Waals surface area contributed by atoms with Crippen LogP contribution in [0, 0.1) is 0 Å². The molecule has 2 unspecified atom stereocenters. The standard InChI is InChI=1S/C21H20ClN3O2S/c1-14(15-7-3-2-4-8-15)13-19-23-24-21(27-19)28-18-11-12-25(20(18)26)17-10-6-5-9-16(17)22/h2-10,14,18H,11-13H2,1H3. The Morgan fingerprint density at radius 1 is 1.18 bits per heavy atom. The number of nitrogens with zero attached hydrogens (tertiary/aromatic N) is 3. The van der Waals surface area contributed by atoms with Gasteiger partial charge in [0.15, 0.2) is 0 Å². The van der Waals surface area contributed by atoms with Gasteiger partial charge in [-0.05, 0) is 30.0 Å². The molecule has 1 fully saturated rings. The van der Waals surface area contributed by atoms with Crippen molar-refractivity contribution in [1.82, 2.24) is 10.2 Å². The Labute approximate surface area is 173 Å². The fourth-order valence-electron chi connectivity index (χ4n) is 3.32. The summed E-state index contributed by atoms with van der Waals surface area (Å²) < 4.78 is 5.79. The maximum absolute atomic E-state index is 12.8. The average molecular weight is 414 g/mol. The van der Waals surface area contributed by atoms with Crippen molar-refractivity contribution >= 4 is 35.0 Å². The molecule has 1 saturated heterocycles. The SMILES string of the molecule is CC(Cc1nnc(SC2CCN(c3ccccc3Cl)C2=O)o1)c1ccccc1. The summed E-state index contributed by atoms with van der Waals surface area (Å²) in [5.74, 6) is 0.895. The molecule has 0 aliphatic carbocycles. The highest BCUT2D eigenvalue weighted by Crippen LogP contribution is 2.35. The van der Waals surface area contributed by atoms with Crippen LogP contribution in [0.5, 0.6) is 0 Å². The number of halogens is 1. The molecule has 1 aliphatic heterocycles. The van der Waals surface area contributed by atoms with Gasteiger partial charge in [0.2, 0.25) is 11.8 Å². The smallest absolute Gasteiger partial charge is 0.277 e. The van der Waals surface area contributed by atoms with E-state index in [-0.39, 0.29) is 17.1 Å². The molecule has 2 aromatic carbocycles. The van der Waals surface area contributed by atoms with E-state index in [4.69, 9.17) is 16.0 Å². The number of amides is 1. The van der Waals surface area contributed by atoms with Crippen molar-refractivity contribution in [2.24, 2.45) is 0 Å². The van der Waals surface area contributed by atoms with Crippen molar-refractivity contribution < 1.29 is 9.21 Å². The summed E-state index contributed by atoms with van der Waals surface area (Å²) >= 11 is 7.57. The molecule has 1 aliphatic rings. The van der Waals surface area contributed by atoms with E-state index in [1.807, 2.05) is 36.4 Å². The molecule has 2 atom stereocenters. The van der Waals surface area contributed by atoms with Crippen molar-refractivity contribution in [3.05, 3.63) is 71.1 Å². The van der Waals surface area contributed by atoms with Gasteiger partial charge in [0.05, 0.1) is 16.0 Å². The fourth-order valence-corrected chi connectivity index (χ4v) is 4.49. The minimum absolute atomic E-state index is 0.0236. The number of hydrogen-bond acceptors (Lipinski definition) is 5. The Hall–Kier alpha value is -2.31. The summed E-state index contributed by atoms with van der Waals surface area (Å²) in [6.07, 6.45) is 1.38. The molecule has 7 heteroatoms. The lowest BCUT2D eigenvalue weighted by Gasteiger charge is -2.17. The molecular formula is C21H20ClN3O2S. The number of thioether (sulfide) groups is 1. The van der Waals surface area contributed by atoms with E-state index in [0.29, 0.717) is 35.5 Å². The van der Waals surface area contributed by atoms with E-state index in [9.17, 15) is 4.79 Å². The van der Waals surface area contributed by atoms with Crippen LogP contribution < -0.4 is 4.90 Å². The summed E-state index contributed by atoms with van der Waals surface area (Å²) in [5.41, 5.74) is 1.98. The summed E-state index contributed by atoms with van der Waals surface area (Å²) in [6.45, 7) is 2.76. The average Bonchev–Trinajstić information content (AvgIpc) is 3.30. The zero-order valence-corrected chi connectivity index (χ0v) is 17.0. The first-order valence-corrected chi connectivity index (χ1v) is 10.5. The molecule has 2 heterocycles. The first-order chi connectivity index (χ1) is 13.6. The van der Waals surface area contributed by atoms with Crippen LogP contribution in [0.2, 0.25) is 5.02 Å². The van der Waals surface area contributed by atoms with Crippen LogP contribution in [-0.4, -0.2) is 27.9 Å². The molecule has 28 heavy (non-hydrogen) atoms. The molecule has 0 saturated carbocycles. The highest BCUT2D eigenvalue weighted by molar-refractivity contribution is 8.00. The molecular weight excluding hydrogens is 394 g/mol. The maximum atomic E-state index is 12.8. The Kier molecular flexibility index (Phi) is 5.69. The van der Waals surface area contributed by atoms with Crippen LogP contribution >= 0.6 is 23.4 Å². The van der Waals surface area contributed by atoms with E-state index in [1.165, 1.54) is 17.3 Å². The number of rotatable bonds is 6. The van der Waals surface area contributed by atoms with E-state index in [0.717, 1.165) is 5.69 Å². The maximum Gasteiger partial charge on any atom is 0.277 e. The number of carbonyl (C=O) groups excluding carboxylic acids is 1. The summed E-state index contributed by atoms with van der Waals surface area (Å²) in [5, 5.41) is 9.06. The van der Waals surface area contributed by atoms with Crippen LogP contribution in [0.4, 0.5) is 5.69 Å². The second-order valence-corrected chi connectivity index (χ2v) is 8.38. The van der Waals surface area contributed by atoms with Gasteiger partial charge in [-0.15, -0.1) is 10.2 Å². The van der Waals surface area contributed by atoms with Gasteiger partial charge in [-0.25, -0.2) is 0 Å². The molecule has 1 amide bonds. The largest absolute Gasteiger partial charge is 0.416 e. The predicted octanol–water partition coefficient (Wildman–Crippen LogP) is 4.97. The minimum Gasteiger partial charge on any atom is -0.416 e. The number of benzene rings is 2. The Bertz CT molecular complexity index is 963. The van der Waals surface area contributed by atoms with E-state index < -0.39 is 0 Å². The van der Waals surface area contributed by atoms with E-state index in [1.54, 1.807) is 11.0 Å². The molecule has 3 aromatic rings. The lowest BCUT2D eigenvalue weighted by atomic mass is 9.98. The van der Waals surface area contributed by atoms with Gasteiger partial charge >= 0.3 is 0 Å². The van der Waals surface area contributed by atoms with Gasteiger partial charge in [0.25, 0.3) is 5.22 Å². The lowest BCUT2D eigenvalue weighted by Crippen LogP contribution is -2.28. The second kappa shape index (κ2) is 8.37. The second-order valence-electron chi connectivity index (χ2n) is 6.81. The van der Waals surface area contributed by atoms with Crippen LogP contribution in [0.25, 0.3) is 0 Å². The molecule has 4 rings (SSSR count). The normalized spacial score (nSPS) is 17.9. The molecule has 0 spiro atoms. The zero-order valence-electron chi connectivity index (χ0n) is 15.4. The zero-order chi connectivity index (χ0) is 19.5. The first-order valence-electron chi connectivity index (χ1n) is 9.21. The van der Waals surface area contributed by atoms with Gasteiger partial charge in [0.1, 0.15) is 0 Å². The van der Waals surface area contributed by atoms with Gasteiger partial charge in [-0.1, -0.05) is 72.8 Å². The van der Waals surface area contributed by atoms with Crippen LogP contribution in [0.1, 0.15) is 30.7 Å². The lowest BCUT2D eigenvalue weighted by molar-refractivity contribution is -0.116. The summed E-state index contributed by atoms with van der Waals surface area (Å²) in [4.78, 5) is 14.5. The molecule has 5 nitrogen and oxygen atoms in total. The van der Waals surface area contributed by atoms with Crippen molar-refractivity contribution in [3.63, 3.8) is 0 Å². The Morgan fingerprint density at radius 3 is 2.71 bits per heavy atom. The highest BCUT2D eigenvalue weighted by atomic mass is 35.5. The monoisotopic (exact) mass is 413 g/mol. The van der Waals surface area contributed by atoms with Gasteiger partial charge < -0.3 is 9.32 Å². The molecule has 1 aromatic heterocycles. The van der Waals surface area contributed by atoms with Crippen LogP contribution in [-0.2, 0) is 11.2 Å². The predicted molar refractivity (Wildman–Crippen MR) is 111 cm³/mol. The number of anilines is 1. The van der Waals surface area contributed by atoms with Crippen LogP contribution in [0.15, 0.2) is 64.2 Å². The molecule has 144 valence electrons. The Morgan fingerprint density at radius 2 is 1.93 bits per heavy atom. The van der Waals surface area contributed by atoms with Crippen molar-refractivity contribution in [2.45, 2.75) is 36.2 Å². The summed E-state index contributed by atoms with van der Waals surface area (Å²) in [6, 6.07) is 17.6. The topological polar surface area (TPSA) is 59.2 Å². The van der Waals surface area contributed by atoms with Crippen LogP contribution in [0.3, 0.4) is 0 Å². The van der Waals surface area contributed by atoms with E-state index >= 15 is 0 Å². The first kappa shape index (κ1) is 19.0. The van der Waals surface area contributed by atoms with Gasteiger partial charge in [-0.3, -0.25) is 4.79 Å². The molecule has 0 radical (unpaired) electrons. The third kappa shape index (κ3) is 4.08. The highest BCUT2D eigenvalue weighted by Gasteiger charge is 2.35. The van der Waals surface area contributed by atoms with Gasteiger partial charge in [0, 0.05) is 13.0 Å². The van der Waals surface area contributed by atoms with Crippen molar-refractivity contribution in [2.75, 3.05) is 11.4 Å². The third-order valence-electron chi connectivity index (χ3n) is 4.84.